The summed E-state index contributed by atoms with van der Waals surface area (Å²) >= 11 is 17.8. The second-order valence-electron chi connectivity index (χ2n) is 5.09. The lowest BCUT2D eigenvalue weighted by Crippen LogP contribution is -2.22. The van der Waals surface area contributed by atoms with Gasteiger partial charge in [0.2, 0.25) is 10.0 Å². The second-order valence-corrected chi connectivity index (χ2v) is 10.1. The molecule has 25 heavy (non-hydrogen) atoms. The van der Waals surface area contributed by atoms with Crippen LogP contribution in [0.25, 0.3) is 0 Å². The van der Waals surface area contributed by atoms with E-state index in [-0.39, 0.29) is 30.5 Å². The van der Waals surface area contributed by atoms with Crippen molar-refractivity contribution in [2.75, 3.05) is 18.8 Å². The molecule has 0 heterocycles. The molecule has 0 aliphatic rings. The minimum atomic E-state index is -4.13. The van der Waals surface area contributed by atoms with Gasteiger partial charge in [0.25, 0.3) is 10.0 Å². The minimum Gasteiger partial charge on any atom is -0.278 e. The van der Waals surface area contributed by atoms with Crippen LogP contribution in [0.2, 0.25) is 15.1 Å². The molecule has 2 rings (SSSR count). The number of sulfonamides is 2. The zero-order valence-electron chi connectivity index (χ0n) is 13.0. The van der Waals surface area contributed by atoms with Gasteiger partial charge in [-0.1, -0.05) is 40.9 Å². The highest BCUT2D eigenvalue weighted by atomic mass is 35.5. The molecule has 6 nitrogen and oxygen atoms in total. The number of benzene rings is 2. The highest BCUT2D eigenvalue weighted by Crippen LogP contribution is 2.32. The van der Waals surface area contributed by atoms with Gasteiger partial charge in [0.15, 0.2) is 0 Å². The van der Waals surface area contributed by atoms with E-state index >= 15 is 0 Å². The van der Waals surface area contributed by atoms with Crippen molar-refractivity contribution in [2.45, 2.75) is 9.79 Å². The largest absolute Gasteiger partial charge is 0.278 e. The van der Waals surface area contributed by atoms with Gasteiger partial charge < -0.3 is 0 Å². The van der Waals surface area contributed by atoms with Gasteiger partial charge >= 0.3 is 0 Å². The highest BCUT2D eigenvalue weighted by molar-refractivity contribution is 7.93. The number of halogens is 3. The molecule has 0 aliphatic carbocycles. The normalized spacial score (nSPS) is 12.4. The Morgan fingerprint density at radius 1 is 0.920 bits per heavy atom. The van der Waals surface area contributed by atoms with Crippen molar-refractivity contribution in [2.24, 2.45) is 0 Å². The molecule has 0 radical (unpaired) electrons. The molecule has 0 amide bonds. The maximum atomic E-state index is 12.5. The first-order valence-electron chi connectivity index (χ1n) is 6.66. The summed E-state index contributed by atoms with van der Waals surface area (Å²) in [5.41, 5.74) is -0.0966. The van der Waals surface area contributed by atoms with E-state index in [9.17, 15) is 16.8 Å². The third-order valence-corrected chi connectivity index (χ3v) is 7.65. The molecule has 2 aromatic rings. The molecule has 0 bridgehead atoms. The molecule has 136 valence electrons. The molecule has 0 saturated heterocycles. The maximum Gasteiger partial charge on any atom is 0.263 e. The van der Waals surface area contributed by atoms with Gasteiger partial charge in [-0.3, -0.25) is 4.72 Å². The molecule has 0 fully saturated rings. The fraction of sp³-hybridized carbons (Fsp3) is 0.143. The summed E-state index contributed by atoms with van der Waals surface area (Å²) in [6.07, 6.45) is 0. The molecule has 0 atom stereocenters. The van der Waals surface area contributed by atoms with Gasteiger partial charge in [0.1, 0.15) is 4.90 Å². The summed E-state index contributed by atoms with van der Waals surface area (Å²) in [4.78, 5) is -0.365. The van der Waals surface area contributed by atoms with Gasteiger partial charge in [-0.25, -0.2) is 21.1 Å². The number of nitrogens with one attached hydrogen (secondary N) is 1. The maximum absolute atomic E-state index is 12.5. The van der Waals surface area contributed by atoms with Crippen molar-refractivity contribution in [3.8, 4) is 0 Å². The summed E-state index contributed by atoms with van der Waals surface area (Å²) in [5, 5.41) is -0.0520. The Bertz CT molecular complexity index is 1020. The lowest BCUT2D eigenvalue weighted by atomic mass is 10.3. The van der Waals surface area contributed by atoms with Crippen molar-refractivity contribution < 1.29 is 16.8 Å². The predicted molar refractivity (Wildman–Crippen MR) is 99.6 cm³/mol. The van der Waals surface area contributed by atoms with Gasteiger partial charge in [-0.05, 0) is 30.3 Å². The Morgan fingerprint density at radius 2 is 1.56 bits per heavy atom. The SMILES string of the molecule is CN(C)S(=O)(=O)c1ccc(Cl)c(NS(=O)(=O)c2cccc(Cl)c2Cl)c1. The molecule has 11 heteroatoms. The summed E-state index contributed by atoms with van der Waals surface area (Å²) in [5.74, 6) is 0. The Balaban J connectivity index is 2.52. The van der Waals surface area contributed by atoms with E-state index in [1.54, 1.807) is 0 Å². The highest BCUT2D eigenvalue weighted by Gasteiger charge is 2.23. The fourth-order valence-electron chi connectivity index (χ4n) is 1.85. The van der Waals surface area contributed by atoms with Crippen LogP contribution in [0.15, 0.2) is 46.2 Å². The van der Waals surface area contributed by atoms with Crippen LogP contribution in [0.3, 0.4) is 0 Å². The third kappa shape index (κ3) is 4.21. The van der Waals surface area contributed by atoms with Crippen molar-refractivity contribution in [3.63, 3.8) is 0 Å². The van der Waals surface area contributed by atoms with Crippen LogP contribution in [-0.4, -0.2) is 35.2 Å². The van der Waals surface area contributed by atoms with E-state index in [0.29, 0.717) is 0 Å². The van der Waals surface area contributed by atoms with E-state index in [1.807, 2.05) is 0 Å². The van der Waals surface area contributed by atoms with Gasteiger partial charge in [-0.15, -0.1) is 0 Å². The van der Waals surface area contributed by atoms with E-state index in [4.69, 9.17) is 34.8 Å². The summed E-state index contributed by atoms with van der Waals surface area (Å²) in [6.45, 7) is 0. The Kier molecular flexibility index (Phi) is 5.92. The molecule has 0 aromatic heterocycles. The van der Waals surface area contributed by atoms with Crippen LogP contribution in [0.5, 0.6) is 0 Å². The van der Waals surface area contributed by atoms with Crippen molar-refractivity contribution in [1.29, 1.82) is 0 Å². The third-order valence-electron chi connectivity index (χ3n) is 3.17. The molecular weight excluding hydrogens is 431 g/mol. The lowest BCUT2D eigenvalue weighted by Gasteiger charge is -2.15. The van der Waals surface area contributed by atoms with Crippen LogP contribution in [0.1, 0.15) is 0 Å². The average Bonchev–Trinajstić information content (AvgIpc) is 2.51. The summed E-state index contributed by atoms with van der Waals surface area (Å²) in [6, 6.07) is 7.84. The van der Waals surface area contributed by atoms with Crippen LogP contribution >= 0.6 is 34.8 Å². The number of hydrogen-bond acceptors (Lipinski definition) is 4. The smallest absolute Gasteiger partial charge is 0.263 e. The van der Waals surface area contributed by atoms with Crippen molar-refractivity contribution in [1.82, 2.24) is 4.31 Å². The number of rotatable bonds is 5. The standard InChI is InChI=1S/C14H13Cl3N2O4S2/c1-19(2)25(22,23)9-6-7-10(15)12(8-9)18-24(20,21)13-5-3-4-11(16)14(13)17/h3-8,18H,1-2H3. The Morgan fingerprint density at radius 3 is 2.16 bits per heavy atom. The first-order chi connectivity index (χ1) is 11.5. The zero-order chi connectivity index (χ0) is 19.0. The summed E-state index contributed by atoms with van der Waals surface area (Å²) < 4.78 is 52.7. The van der Waals surface area contributed by atoms with Crippen LogP contribution in [-0.2, 0) is 20.0 Å². The molecular formula is C14H13Cl3N2O4S2. The topological polar surface area (TPSA) is 83.6 Å². The van der Waals surface area contributed by atoms with E-state index in [2.05, 4.69) is 4.72 Å². The second kappa shape index (κ2) is 7.30. The van der Waals surface area contributed by atoms with E-state index in [0.717, 1.165) is 10.4 Å². The van der Waals surface area contributed by atoms with Gasteiger partial charge in [0.05, 0.1) is 25.7 Å². The Labute approximate surface area is 161 Å². The monoisotopic (exact) mass is 442 g/mol. The molecule has 0 saturated carbocycles. The summed E-state index contributed by atoms with van der Waals surface area (Å²) in [7, 11) is -5.17. The number of nitrogens with zero attached hydrogens (tertiary/aromatic N) is 1. The Hall–Kier alpha value is -1.03. The molecule has 1 N–H and O–H groups in total. The molecule has 0 spiro atoms. The fourth-order valence-corrected chi connectivity index (χ4v) is 4.83. The number of hydrogen-bond donors (Lipinski definition) is 1. The quantitative estimate of drug-likeness (QED) is 0.764. The van der Waals surface area contributed by atoms with E-state index in [1.165, 1.54) is 44.4 Å². The first-order valence-corrected chi connectivity index (χ1v) is 10.7. The van der Waals surface area contributed by atoms with Crippen LogP contribution in [0, 0.1) is 0 Å². The predicted octanol–water partition coefficient (Wildman–Crippen LogP) is 3.70. The average molecular weight is 444 g/mol. The zero-order valence-corrected chi connectivity index (χ0v) is 16.9. The number of anilines is 1. The van der Waals surface area contributed by atoms with Crippen LogP contribution in [0.4, 0.5) is 5.69 Å². The minimum absolute atomic E-state index is 0.0273. The lowest BCUT2D eigenvalue weighted by molar-refractivity contribution is 0.521. The van der Waals surface area contributed by atoms with Crippen molar-refractivity contribution in [3.05, 3.63) is 51.5 Å². The van der Waals surface area contributed by atoms with E-state index < -0.39 is 20.0 Å². The molecule has 0 unspecified atom stereocenters. The first kappa shape index (κ1) is 20.3. The molecule has 2 aromatic carbocycles. The van der Waals surface area contributed by atoms with Gasteiger partial charge in [0, 0.05) is 14.1 Å². The van der Waals surface area contributed by atoms with Crippen LogP contribution < -0.4 is 4.72 Å². The van der Waals surface area contributed by atoms with Gasteiger partial charge in [-0.2, -0.15) is 0 Å². The molecule has 0 aliphatic heterocycles. The van der Waals surface area contributed by atoms with Crippen molar-refractivity contribution >= 4 is 60.5 Å².